The van der Waals surface area contributed by atoms with Crippen LogP contribution < -0.4 is 4.74 Å². The van der Waals surface area contributed by atoms with E-state index in [4.69, 9.17) is 9.84 Å². The zero-order valence-electron chi connectivity index (χ0n) is 10.3. The number of ether oxygens (including phenoxy) is 1. The highest BCUT2D eigenvalue weighted by atomic mass is 16.5. The number of hydrogen-bond donors (Lipinski definition) is 1. The monoisotopic (exact) mass is 250 g/mol. The molecule has 1 aromatic rings. The molecular formula is C14H18O4. The third kappa shape index (κ3) is 6.03. The average molecular weight is 250 g/mol. The van der Waals surface area contributed by atoms with E-state index in [-0.39, 0.29) is 6.42 Å². The molecule has 4 nitrogen and oxygen atoms in total. The van der Waals surface area contributed by atoms with Gasteiger partial charge in [-0.1, -0.05) is 12.8 Å². The van der Waals surface area contributed by atoms with Crippen LogP contribution in [-0.4, -0.2) is 24.0 Å². The standard InChI is InChI=1S/C14H18O4/c15-11-12-6-8-13(9-7-12)18-10-4-2-1-3-5-14(16)17/h6-9,11H,1-5,10H2,(H,16,17). The van der Waals surface area contributed by atoms with Gasteiger partial charge in [0, 0.05) is 12.0 Å². The quantitative estimate of drug-likeness (QED) is 0.540. The second-order valence-electron chi connectivity index (χ2n) is 4.09. The molecule has 0 heterocycles. The highest BCUT2D eigenvalue weighted by molar-refractivity contribution is 5.74. The molecule has 0 radical (unpaired) electrons. The van der Waals surface area contributed by atoms with Crippen molar-refractivity contribution in [2.24, 2.45) is 0 Å². The van der Waals surface area contributed by atoms with Crippen LogP contribution in [0.5, 0.6) is 5.75 Å². The maximum Gasteiger partial charge on any atom is 0.303 e. The molecule has 0 saturated heterocycles. The summed E-state index contributed by atoms with van der Waals surface area (Å²) in [4.78, 5) is 20.7. The second kappa shape index (κ2) is 8.28. The minimum atomic E-state index is -0.735. The maximum absolute atomic E-state index is 10.4. The molecule has 0 aliphatic rings. The molecule has 0 aromatic heterocycles. The fourth-order valence-corrected chi connectivity index (χ4v) is 1.56. The molecule has 98 valence electrons. The van der Waals surface area contributed by atoms with Gasteiger partial charge in [0.2, 0.25) is 0 Å². The molecule has 1 N–H and O–H groups in total. The second-order valence-corrected chi connectivity index (χ2v) is 4.09. The average Bonchev–Trinajstić information content (AvgIpc) is 2.38. The smallest absolute Gasteiger partial charge is 0.303 e. The van der Waals surface area contributed by atoms with Crippen LogP contribution in [0.25, 0.3) is 0 Å². The topological polar surface area (TPSA) is 63.6 Å². The lowest BCUT2D eigenvalue weighted by Crippen LogP contribution is -1.98. The Balaban J connectivity index is 2.06. The van der Waals surface area contributed by atoms with Gasteiger partial charge in [-0.25, -0.2) is 0 Å². The van der Waals surface area contributed by atoms with Crippen molar-refractivity contribution in [1.82, 2.24) is 0 Å². The predicted molar refractivity (Wildman–Crippen MR) is 68.0 cm³/mol. The maximum atomic E-state index is 10.4. The molecule has 0 saturated carbocycles. The third-order valence-electron chi connectivity index (χ3n) is 2.57. The van der Waals surface area contributed by atoms with Crippen molar-refractivity contribution in [3.8, 4) is 5.75 Å². The summed E-state index contributed by atoms with van der Waals surface area (Å²) in [5.41, 5.74) is 0.635. The first-order chi connectivity index (χ1) is 8.72. The lowest BCUT2D eigenvalue weighted by atomic mass is 10.1. The van der Waals surface area contributed by atoms with E-state index in [9.17, 15) is 9.59 Å². The normalized spacial score (nSPS) is 10.0. The number of carbonyl (C=O) groups excluding carboxylic acids is 1. The van der Waals surface area contributed by atoms with Gasteiger partial charge in [0.25, 0.3) is 0 Å². The van der Waals surface area contributed by atoms with E-state index >= 15 is 0 Å². The number of carbonyl (C=O) groups is 2. The van der Waals surface area contributed by atoms with Crippen molar-refractivity contribution in [3.05, 3.63) is 29.8 Å². The summed E-state index contributed by atoms with van der Waals surface area (Å²) in [6.45, 7) is 0.619. The Labute approximate surface area is 107 Å². The van der Waals surface area contributed by atoms with Crippen LogP contribution in [0.1, 0.15) is 42.5 Å². The van der Waals surface area contributed by atoms with Crippen LogP contribution in [0.15, 0.2) is 24.3 Å². The highest BCUT2D eigenvalue weighted by Crippen LogP contribution is 2.12. The Morgan fingerprint density at radius 3 is 2.39 bits per heavy atom. The molecule has 0 spiro atoms. The zero-order valence-corrected chi connectivity index (χ0v) is 10.3. The fourth-order valence-electron chi connectivity index (χ4n) is 1.56. The Bertz CT molecular complexity index is 370. The molecule has 0 amide bonds. The van der Waals surface area contributed by atoms with E-state index in [0.717, 1.165) is 37.7 Å². The summed E-state index contributed by atoms with van der Waals surface area (Å²) in [6, 6.07) is 6.98. The minimum Gasteiger partial charge on any atom is -0.494 e. The van der Waals surface area contributed by atoms with Gasteiger partial charge in [0.05, 0.1) is 6.61 Å². The molecule has 18 heavy (non-hydrogen) atoms. The Kier molecular flexibility index (Phi) is 6.54. The van der Waals surface area contributed by atoms with Crippen LogP contribution in [-0.2, 0) is 4.79 Å². The van der Waals surface area contributed by atoms with Crippen LogP contribution in [0.2, 0.25) is 0 Å². The van der Waals surface area contributed by atoms with Gasteiger partial charge in [-0.05, 0) is 37.1 Å². The van der Waals surface area contributed by atoms with Crippen LogP contribution >= 0.6 is 0 Å². The number of carboxylic acid groups (broad SMARTS) is 1. The molecule has 1 aromatic carbocycles. The summed E-state index contributed by atoms with van der Waals surface area (Å²) in [5.74, 6) is 0.0210. The van der Waals surface area contributed by atoms with Crippen molar-refractivity contribution in [2.75, 3.05) is 6.61 Å². The van der Waals surface area contributed by atoms with E-state index < -0.39 is 5.97 Å². The molecule has 0 atom stereocenters. The van der Waals surface area contributed by atoms with E-state index in [0.29, 0.717) is 12.2 Å². The molecule has 0 aliphatic carbocycles. The van der Waals surface area contributed by atoms with E-state index in [1.807, 2.05) is 0 Å². The van der Waals surface area contributed by atoms with Gasteiger partial charge in [0.1, 0.15) is 12.0 Å². The molecule has 0 aliphatic heterocycles. The zero-order chi connectivity index (χ0) is 13.2. The van der Waals surface area contributed by atoms with Gasteiger partial charge < -0.3 is 9.84 Å². The van der Waals surface area contributed by atoms with Gasteiger partial charge >= 0.3 is 5.97 Å². The number of aldehydes is 1. The molecule has 0 bridgehead atoms. The largest absolute Gasteiger partial charge is 0.494 e. The van der Waals surface area contributed by atoms with Crippen molar-refractivity contribution < 1.29 is 19.4 Å². The highest BCUT2D eigenvalue weighted by Gasteiger charge is 1.97. The van der Waals surface area contributed by atoms with Crippen molar-refractivity contribution in [1.29, 1.82) is 0 Å². The molecular weight excluding hydrogens is 232 g/mol. The first kappa shape index (κ1) is 14.2. The Hall–Kier alpha value is -1.84. The van der Waals surface area contributed by atoms with Crippen molar-refractivity contribution in [2.45, 2.75) is 32.1 Å². The number of rotatable bonds is 9. The van der Waals surface area contributed by atoms with Gasteiger partial charge in [-0.3, -0.25) is 9.59 Å². The molecule has 1 rings (SSSR count). The molecule has 4 heteroatoms. The van der Waals surface area contributed by atoms with Crippen molar-refractivity contribution >= 4 is 12.3 Å². The van der Waals surface area contributed by atoms with Gasteiger partial charge in [0.15, 0.2) is 0 Å². The number of hydrogen-bond acceptors (Lipinski definition) is 3. The summed E-state index contributed by atoms with van der Waals surface area (Å²) in [7, 11) is 0. The van der Waals surface area contributed by atoms with E-state index in [1.54, 1.807) is 24.3 Å². The third-order valence-corrected chi connectivity index (χ3v) is 2.57. The fraction of sp³-hybridized carbons (Fsp3) is 0.429. The summed E-state index contributed by atoms with van der Waals surface area (Å²) in [6.07, 6.45) is 4.57. The lowest BCUT2D eigenvalue weighted by Gasteiger charge is -2.05. The van der Waals surface area contributed by atoms with Gasteiger partial charge in [-0.15, -0.1) is 0 Å². The number of unbranched alkanes of at least 4 members (excludes halogenated alkanes) is 3. The molecule has 0 fully saturated rings. The summed E-state index contributed by atoms with van der Waals surface area (Å²) < 4.78 is 5.50. The van der Waals surface area contributed by atoms with Crippen molar-refractivity contribution in [3.63, 3.8) is 0 Å². The Morgan fingerprint density at radius 1 is 1.11 bits per heavy atom. The lowest BCUT2D eigenvalue weighted by molar-refractivity contribution is -0.137. The summed E-state index contributed by atoms with van der Waals surface area (Å²) in [5, 5.41) is 8.46. The first-order valence-corrected chi connectivity index (χ1v) is 6.12. The van der Waals surface area contributed by atoms with Crippen LogP contribution in [0.3, 0.4) is 0 Å². The van der Waals surface area contributed by atoms with Crippen LogP contribution in [0, 0.1) is 0 Å². The SMILES string of the molecule is O=Cc1ccc(OCCCCCCC(=O)O)cc1. The van der Waals surface area contributed by atoms with E-state index in [2.05, 4.69) is 0 Å². The van der Waals surface area contributed by atoms with E-state index in [1.165, 1.54) is 0 Å². The Morgan fingerprint density at radius 2 is 1.78 bits per heavy atom. The number of benzene rings is 1. The predicted octanol–water partition coefficient (Wildman–Crippen LogP) is 2.91. The number of aliphatic carboxylic acids is 1. The minimum absolute atomic E-state index is 0.244. The van der Waals surface area contributed by atoms with Crippen LogP contribution in [0.4, 0.5) is 0 Å². The number of carboxylic acids is 1. The van der Waals surface area contributed by atoms with Gasteiger partial charge in [-0.2, -0.15) is 0 Å². The molecule has 0 unspecified atom stereocenters. The summed E-state index contributed by atoms with van der Waals surface area (Å²) >= 11 is 0. The first-order valence-electron chi connectivity index (χ1n) is 6.12.